The molecule has 0 radical (unpaired) electrons. The summed E-state index contributed by atoms with van der Waals surface area (Å²) in [4.78, 5) is 25.0. The van der Waals surface area contributed by atoms with Crippen LogP contribution in [0, 0.1) is 0 Å². The summed E-state index contributed by atoms with van der Waals surface area (Å²) in [7, 11) is 2.92. The Morgan fingerprint density at radius 3 is 2.38 bits per heavy atom. The molecule has 0 aromatic heterocycles. The number of esters is 1. The Hall–Kier alpha value is -4.20. The lowest BCUT2D eigenvalue weighted by molar-refractivity contribution is 0.0602. The van der Waals surface area contributed by atoms with Gasteiger partial charge < -0.3 is 29.6 Å². The summed E-state index contributed by atoms with van der Waals surface area (Å²) in [5.74, 6) is 1.64. The Labute approximate surface area is 197 Å². The van der Waals surface area contributed by atoms with Crippen molar-refractivity contribution in [1.82, 2.24) is 5.32 Å². The Balaban J connectivity index is 1.51. The van der Waals surface area contributed by atoms with Gasteiger partial charge in [0.15, 0.2) is 11.5 Å². The molecule has 8 heteroatoms. The molecule has 1 atom stereocenters. The van der Waals surface area contributed by atoms with Crippen LogP contribution in [-0.2, 0) is 17.6 Å². The summed E-state index contributed by atoms with van der Waals surface area (Å²) in [6.07, 6.45) is 1.15. The number of anilines is 1. The van der Waals surface area contributed by atoms with Crippen LogP contribution in [-0.4, -0.2) is 39.1 Å². The zero-order valence-corrected chi connectivity index (χ0v) is 19.0. The zero-order chi connectivity index (χ0) is 23.9. The van der Waals surface area contributed by atoms with Crippen LogP contribution < -0.4 is 24.8 Å². The van der Waals surface area contributed by atoms with Crippen LogP contribution in [0.5, 0.6) is 17.2 Å². The highest BCUT2D eigenvalue weighted by atomic mass is 16.7. The second kappa shape index (κ2) is 10.6. The van der Waals surface area contributed by atoms with E-state index in [1.807, 2.05) is 42.5 Å². The van der Waals surface area contributed by atoms with E-state index in [1.165, 1.54) is 7.11 Å². The van der Waals surface area contributed by atoms with Gasteiger partial charge in [-0.05, 0) is 60.4 Å². The molecule has 3 aromatic rings. The van der Waals surface area contributed by atoms with Crippen LogP contribution in [0.15, 0.2) is 66.7 Å². The molecular weight excluding hydrogens is 436 g/mol. The van der Waals surface area contributed by atoms with Crippen LogP contribution in [0.4, 0.5) is 10.5 Å². The number of ether oxygens (including phenoxy) is 4. The number of para-hydroxylation sites is 1. The molecular formula is C26H26N2O6. The fraction of sp³-hybridized carbons (Fsp3) is 0.231. The fourth-order valence-electron chi connectivity index (χ4n) is 3.80. The summed E-state index contributed by atoms with van der Waals surface area (Å²) in [6, 6.07) is 19.5. The van der Waals surface area contributed by atoms with Crippen molar-refractivity contribution >= 4 is 17.7 Å². The van der Waals surface area contributed by atoms with E-state index >= 15 is 0 Å². The van der Waals surface area contributed by atoms with E-state index < -0.39 is 12.0 Å². The molecule has 1 aliphatic heterocycles. The van der Waals surface area contributed by atoms with Crippen molar-refractivity contribution in [3.63, 3.8) is 0 Å². The lowest BCUT2D eigenvalue weighted by Crippen LogP contribution is -2.41. The van der Waals surface area contributed by atoms with E-state index in [0.29, 0.717) is 30.0 Å². The van der Waals surface area contributed by atoms with Crippen LogP contribution in [0.2, 0.25) is 0 Å². The number of benzene rings is 3. The quantitative estimate of drug-likeness (QED) is 0.488. The average molecular weight is 463 g/mol. The second-order valence-corrected chi connectivity index (χ2v) is 7.78. The first-order valence-electron chi connectivity index (χ1n) is 10.8. The number of carbonyl (C=O) groups excluding carboxylic acids is 2. The summed E-state index contributed by atoms with van der Waals surface area (Å²) in [6.45, 7) is 0.203. The van der Waals surface area contributed by atoms with E-state index in [2.05, 4.69) is 10.6 Å². The van der Waals surface area contributed by atoms with Crippen LogP contribution in [0.25, 0.3) is 0 Å². The topological polar surface area (TPSA) is 95.1 Å². The molecule has 2 N–H and O–H groups in total. The highest BCUT2D eigenvalue weighted by Gasteiger charge is 2.19. The molecule has 1 unspecified atom stereocenters. The first-order valence-corrected chi connectivity index (χ1v) is 10.8. The molecule has 34 heavy (non-hydrogen) atoms. The van der Waals surface area contributed by atoms with E-state index in [0.717, 1.165) is 16.9 Å². The lowest BCUT2D eigenvalue weighted by Gasteiger charge is -2.20. The largest absolute Gasteiger partial charge is 0.497 e. The molecule has 1 heterocycles. The second-order valence-electron chi connectivity index (χ2n) is 7.78. The van der Waals surface area contributed by atoms with E-state index in [-0.39, 0.29) is 18.4 Å². The number of amides is 2. The van der Waals surface area contributed by atoms with E-state index in [1.54, 1.807) is 31.4 Å². The molecule has 0 aliphatic carbocycles. The smallest absolute Gasteiger partial charge is 0.339 e. The Morgan fingerprint density at radius 2 is 1.62 bits per heavy atom. The van der Waals surface area contributed by atoms with Gasteiger partial charge in [0.1, 0.15) is 5.75 Å². The predicted octanol–water partition coefficient (Wildman–Crippen LogP) is 4.19. The lowest BCUT2D eigenvalue weighted by atomic mass is 9.98. The van der Waals surface area contributed by atoms with Crippen molar-refractivity contribution in [3.8, 4) is 17.2 Å². The van der Waals surface area contributed by atoms with Crippen molar-refractivity contribution in [1.29, 1.82) is 0 Å². The van der Waals surface area contributed by atoms with Gasteiger partial charge >= 0.3 is 12.0 Å². The molecule has 3 aromatic carbocycles. The minimum atomic E-state index is -0.522. The average Bonchev–Trinajstić information content (AvgIpc) is 3.32. The SMILES string of the molecule is COC(=O)c1ccccc1NC(=O)NC(Cc1ccc(OC)cc1)Cc1ccc2c(c1)OCO2. The van der Waals surface area contributed by atoms with E-state index in [4.69, 9.17) is 18.9 Å². The van der Waals surface area contributed by atoms with Crippen molar-refractivity contribution in [2.45, 2.75) is 18.9 Å². The Bertz CT molecular complexity index is 1160. The van der Waals surface area contributed by atoms with Crippen molar-refractivity contribution in [2.24, 2.45) is 0 Å². The summed E-state index contributed by atoms with van der Waals surface area (Å²) in [5, 5.41) is 5.81. The number of fused-ring (bicyclic) bond motifs is 1. The third-order valence-electron chi connectivity index (χ3n) is 5.48. The zero-order valence-electron chi connectivity index (χ0n) is 19.0. The van der Waals surface area contributed by atoms with E-state index in [9.17, 15) is 9.59 Å². The van der Waals surface area contributed by atoms with Crippen molar-refractivity contribution < 1.29 is 28.5 Å². The first-order chi connectivity index (χ1) is 16.6. The van der Waals surface area contributed by atoms with Crippen LogP contribution in [0.1, 0.15) is 21.5 Å². The number of rotatable bonds is 8. The molecule has 1 aliphatic rings. The predicted molar refractivity (Wildman–Crippen MR) is 127 cm³/mol. The molecule has 8 nitrogen and oxygen atoms in total. The molecule has 2 amide bonds. The first kappa shape index (κ1) is 23.0. The number of carbonyl (C=O) groups is 2. The molecule has 0 bridgehead atoms. The normalized spacial score (nSPS) is 12.5. The monoisotopic (exact) mass is 462 g/mol. The molecule has 0 fully saturated rings. The van der Waals surface area contributed by atoms with Gasteiger partial charge in [0.25, 0.3) is 0 Å². The molecule has 0 spiro atoms. The van der Waals surface area contributed by atoms with Gasteiger partial charge in [-0.1, -0.05) is 30.3 Å². The number of methoxy groups -OCH3 is 2. The van der Waals surface area contributed by atoms with Gasteiger partial charge in [-0.15, -0.1) is 0 Å². The van der Waals surface area contributed by atoms with Crippen LogP contribution >= 0.6 is 0 Å². The molecule has 4 rings (SSSR count). The van der Waals surface area contributed by atoms with Crippen molar-refractivity contribution in [3.05, 3.63) is 83.4 Å². The molecule has 176 valence electrons. The summed E-state index contributed by atoms with van der Waals surface area (Å²) < 4.78 is 20.9. The third-order valence-corrected chi connectivity index (χ3v) is 5.48. The highest BCUT2D eigenvalue weighted by molar-refractivity contribution is 6.00. The van der Waals surface area contributed by atoms with Crippen LogP contribution in [0.3, 0.4) is 0 Å². The maximum atomic E-state index is 12.9. The van der Waals surface area contributed by atoms with Gasteiger partial charge in [-0.2, -0.15) is 0 Å². The van der Waals surface area contributed by atoms with Gasteiger partial charge in [-0.3, -0.25) is 0 Å². The Kier molecular flexibility index (Phi) is 7.17. The molecule has 0 saturated carbocycles. The van der Waals surface area contributed by atoms with Gasteiger partial charge in [0.2, 0.25) is 6.79 Å². The highest BCUT2D eigenvalue weighted by Crippen LogP contribution is 2.33. The minimum absolute atomic E-state index is 0.203. The van der Waals surface area contributed by atoms with Crippen molar-refractivity contribution in [2.75, 3.05) is 26.3 Å². The summed E-state index contributed by atoms with van der Waals surface area (Å²) >= 11 is 0. The maximum Gasteiger partial charge on any atom is 0.339 e. The summed E-state index contributed by atoms with van der Waals surface area (Å²) in [5.41, 5.74) is 2.69. The molecule has 0 saturated heterocycles. The van der Waals surface area contributed by atoms with Gasteiger partial charge in [-0.25, -0.2) is 9.59 Å². The van der Waals surface area contributed by atoms with Gasteiger partial charge in [0.05, 0.1) is 25.5 Å². The Morgan fingerprint density at radius 1 is 0.912 bits per heavy atom. The number of hydrogen-bond donors (Lipinski definition) is 2. The number of hydrogen-bond acceptors (Lipinski definition) is 6. The van der Waals surface area contributed by atoms with Gasteiger partial charge in [0, 0.05) is 6.04 Å². The number of nitrogens with one attached hydrogen (secondary N) is 2. The fourth-order valence-corrected chi connectivity index (χ4v) is 3.80. The number of urea groups is 1. The maximum absolute atomic E-state index is 12.9. The third kappa shape index (κ3) is 5.58. The minimum Gasteiger partial charge on any atom is -0.497 e. The standard InChI is InChI=1S/C26H26N2O6/c1-31-20-10-7-17(8-11-20)13-19(14-18-9-12-23-24(15-18)34-16-33-23)27-26(30)28-22-6-4-3-5-21(22)25(29)32-2/h3-12,15,19H,13-14,16H2,1-2H3,(H2,27,28,30).